The van der Waals surface area contributed by atoms with E-state index in [1.54, 1.807) is 11.3 Å². The molecule has 1 fully saturated rings. The molecule has 1 saturated carbocycles. The van der Waals surface area contributed by atoms with Gasteiger partial charge in [-0.2, -0.15) is 0 Å². The fraction of sp³-hybridized carbons (Fsp3) is 0.417. The highest BCUT2D eigenvalue weighted by Gasteiger charge is 2.48. The average Bonchev–Trinajstić information content (AvgIpc) is 2.89. The van der Waals surface area contributed by atoms with Gasteiger partial charge in [-0.3, -0.25) is 0 Å². The Morgan fingerprint density at radius 2 is 2.27 bits per heavy atom. The van der Waals surface area contributed by atoms with Crippen LogP contribution in [-0.4, -0.2) is 11.0 Å². The quantitative estimate of drug-likeness (QED) is 0.841. The van der Waals surface area contributed by atoms with E-state index in [4.69, 9.17) is 5.73 Å². The van der Waals surface area contributed by atoms with Crippen molar-refractivity contribution in [2.75, 3.05) is 0 Å². The molecule has 1 heterocycles. The number of benzene rings is 1. The molecule has 0 spiro atoms. The molecule has 0 bridgehead atoms. The number of aromatic nitrogens is 1. The van der Waals surface area contributed by atoms with Gasteiger partial charge in [0.15, 0.2) is 0 Å². The van der Waals surface area contributed by atoms with Crippen molar-refractivity contribution in [3.05, 3.63) is 29.3 Å². The number of nitrogens with two attached hydrogens (primary N) is 1. The summed E-state index contributed by atoms with van der Waals surface area (Å²) in [5, 5.41) is 0. The van der Waals surface area contributed by atoms with Gasteiger partial charge in [0.25, 0.3) is 0 Å². The second-order valence-electron chi connectivity index (χ2n) is 4.45. The predicted octanol–water partition coefficient (Wildman–Crippen LogP) is 2.68. The molecule has 0 saturated heterocycles. The lowest BCUT2D eigenvalue weighted by atomic mass is 9.89. The zero-order valence-electron chi connectivity index (χ0n) is 8.73. The van der Waals surface area contributed by atoms with Gasteiger partial charge in [-0.05, 0) is 31.4 Å². The summed E-state index contributed by atoms with van der Waals surface area (Å²) in [6.07, 6.45) is 2.42. The third-order valence-corrected chi connectivity index (χ3v) is 4.35. The molecule has 3 heteroatoms. The predicted molar refractivity (Wildman–Crippen MR) is 64.2 cm³/mol. The standard InChI is InChI=1S/C12H14N2S/c1-8(13)12(5-6-12)9-3-2-4-10-11(9)14-7-15-10/h2-4,7-8H,5-6,13H2,1H3. The van der Waals surface area contributed by atoms with E-state index >= 15 is 0 Å². The summed E-state index contributed by atoms with van der Waals surface area (Å²) in [6, 6.07) is 6.68. The molecule has 1 aliphatic carbocycles. The van der Waals surface area contributed by atoms with Gasteiger partial charge in [-0.1, -0.05) is 12.1 Å². The Balaban J connectivity index is 2.23. The van der Waals surface area contributed by atoms with E-state index in [0.717, 1.165) is 5.52 Å². The molecule has 2 N–H and O–H groups in total. The van der Waals surface area contributed by atoms with Gasteiger partial charge in [0.1, 0.15) is 0 Å². The van der Waals surface area contributed by atoms with Crippen molar-refractivity contribution in [1.29, 1.82) is 0 Å². The average molecular weight is 218 g/mol. The van der Waals surface area contributed by atoms with Crippen LogP contribution >= 0.6 is 11.3 Å². The maximum atomic E-state index is 6.10. The van der Waals surface area contributed by atoms with E-state index in [1.807, 2.05) is 5.51 Å². The van der Waals surface area contributed by atoms with Crippen LogP contribution in [0, 0.1) is 0 Å². The fourth-order valence-electron chi connectivity index (χ4n) is 2.39. The van der Waals surface area contributed by atoms with Crippen LogP contribution in [0.2, 0.25) is 0 Å². The van der Waals surface area contributed by atoms with Crippen molar-refractivity contribution in [2.24, 2.45) is 5.73 Å². The number of nitrogens with zero attached hydrogens (tertiary/aromatic N) is 1. The maximum absolute atomic E-state index is 6.10. The highest BCUT2D eigenvalue weighted by atomic mass is 32.1. The largest absolute Gasteiger partial charge is 0.327 e. The normalized spacial score (nSPS) is 20.4. The summed E-state index contributed by atoms with van der Waals surface area (Å²) < 4.78 is 1.28. The molecule has 3 rings (SSSR count). The number of thiazole rings is 1. The number of hydrogen-bond donors (Lipinski definition) is 1. The molecule has 0 radical (unpaired) electrons. The van der Waals surface area contributed by atoms with Crippen LogP contribution in [0.15, 0.2) is 23.7 Å². The first-order valence-corrected chi connectivity index (χ1v) is 6.20. The third-order valence-electron chi connectivity index (χ3n) is 3.56. The van der Waals surface area contributed by atoms with Gasteiger partial charge in [0.05, 0.1) is 15.7 Å². The van der Waals surface area contributed by atoms with E-state index in [9.17, 15) is 0 Å². The van der Waals surface area contributed by atoms with Crippen molar-refractivity contribution in [3.63, 3.8) is 0 Å². The number of para-hydroxylation sites is 1. The molecule has 1 aliphatic rings. The molecule has 0 amide bonds. The molecular formula is C12H14N2S. The Morgan fingerprint density at radius 1 is 1.47 bits per heavy atom. The topological polar surface area (TPSA) is 38.9 Å². The van der Waals surface area contributed by atoms with Gasteiger partial charge >= 0.3 is 0 Å². The molecule has 0 aliphatic heterocycles. The second kappa shape index (κ2) is 3.03. The molecule has 15 heavy (non-hydrogen) atoms. The Bertz CT molecular complexity index is 497. The summed E-state index contributed by atoms with van der Waals surface area (Å²) >= 11 is 1.71. The van der Waals surface area contributed by atoms with Gasteiger partial charge in [-0.15, -0.1) is 11.3 Å². The van der Waals surface area contributed by atoms with Crippen molar-refractivity contribution in [2.45, 2.75) is 31.2 Å². The van der Waals surface area contributed by atoms with Crippen molar-refractivity contribution < 1.29 is 0 Å². The van der Waals surface area contributed by atoms with Crippen LogP contribution in [-0.2, 0) is 5.41 Å². The van der Waals surface area contributed by atoms with Gasteiger partial charge in [0.2, 0.25) is 0 Å². The summed E-state index contributed by atoms with van der Waals surface area (Å²) in [6.45, 7) is 2.11. The van der Waals surface area contributed by atoms with Gasteiger partial charge in [-0.25, -0.2) is 4.98 Å². The smallest absolute Gasteiger partial charge is 0.0850 e. The summed E-state index contributed by atoms with van der Waals surface area (Å²) in [5.74, 6) is 0. The molecule has 1 aromatic carbocycles. The van der Waals surface area contributed by atoms with Crippen LogP contribution in [0.4, 0.5) is 0 Å². The molecule has 2 aromatic rings. The van der Waals surface area contributed by atoms with Crippen molar-refractivity contribution in [3.8, 4) is 0 Å². The Morgan fingerprint density at radius 3 is 2.93 bits per heavy atom. The van der Waals surface area contributed by atoms with E-state index in [1.165, 1.54) is 23.1 Å². The minimum absolute atomic E-state index is 0.216. The lowest BCUT2D eigenvalue weighted by molar-refractivity contribution is 0.560. The van der Waals surface area contributed by atoms with Gasteiger partial charge in [0, 0.05) is 11.5 Å². The highest BCUT2D eigenvalue weighted by molar-refractivity contribution is 7.16. The second-order valence-corrected chi connectivity index (χ2v) is 5.34. The minimum atomic E-state index is 0.216. The first-order valence-electron chi connectivity index (χ1n) is 5.32. The maximum Gasteiger partial charge on any atom is 0.0850 e. The lowest BCUT2D eigenvalue weighted by Gasteiger charge is -2.20. The van der Waals surface area contributed by atoms with Crippen LogP contribution in [0.5, 0.6) is 0 Å². The van der Waals surface area contributed by atoms with Crippen LogP contribution in [0.1, 0.15) is 25.3 Å². The SMILES string of the molecule is CC(N)C1(c2cccc3scnc23)CC1. The van der Waals surface area contributed by atoms with Crippen LogP contribution in [0.3, 0.4) is 0 Å². The first-order chi connectivity index (χ1) is 7.24. The third kappa shape index (κ3) is 1.23. The molecule has 1 aromatic heterocycles. The fourth-order valence-corrected chi connectivity index (χ4v) is 3.10. The molecule has 78 valence electrons. The lowest BCUT2D eigenvalue weighted by Crippen LogP contribution is -2.31. The molecule has 1 atom stereocenters. The van der Waals surface area contributed by atoms with E-state index < -0.39 is 0 Å². The Labute approximate surface area is 93.1 Å². The number of fused-ring (bicyclic) bond motifs is 1. The minimum Gasteiger partial charge on any atom is -0.327 e. The van der Waals surface area contributed by atoms with Crippen molar-refractivity contribution in [1.82, 2.24) is 4.98 Å². The summed E-state index contributed by atoms with van der Waals surface area (Å²) in [5.41, 5.74) is 10.8. The van der Waals surface area contributed by atoms with E-state index in [0.29, 0.717) is 0 Å². The Kier molecular flexibility index (Phi) is 1.88. The summed E-state index contributed by atoms with van der Waals surface area (Å²) in [4.78, 5) is 4.47. The summed E-state index contributed by atoms with van der Waals surface area (Å²) in [7, 11) is 0. The monoisotopic (exact) mass is 218 g/mol. The molecule has 2 nitrogen and oxygen atoms in total. The van der Waals surface area contributed by atoms with E-state index in [-0.39, 0.29) is 11.5 Å². The van der Waals surface area contributed by atoms with Crippen LogP contribution < -0.4 is 5.73 Å². The van der Waals surface area contributed by atoms with Gasteiger partial charge < -0.3 is 5.73 Å². The van der Waals surface area contributed by atoms with Crippen LogP contribution in [0.25, 0.3) is 10.2 Å². The zero-order valence-corrected chi connectivity index (χ0v) is 9.55. The molecular weight excluding hydrogens is 204 g/mol. The zero-order chi connectivity index (χ0) is 10.5. The number of rotatable bonds is 2. The molecule has 1 unspecified atom stereocenters. The number of hydrogen-bond acceptors (Lipinski definition) is 3. The Hall–Kier alpha value is -0.930. The van der Waals surface area contributed by atoms with E-state index in [2.05, 4.69) is 30.1 Å². The highest BCUT2D eigenvalue weighted by Crippen LogP contribution is 2.52. The first kappa shape index (κ1) is 9.31. The van der Waals surface area contributed by atoms with Crippen molar-refractivity contribution >= 4 is 21.6 Å².